The predicted molar refractivity (Wildman–Crippen MR) is 96.7 cm³/mol. The van der Waals surface area contributed by atoms with Gasteiger partial charge < -0.3 is 10.6 Å². The summed E-state index contributed by atoms with van der Waals surface area (Å²) in [4.78, 5) is 28.4. The number of hydrogen-bond donors (Lipinski definition) is 2. The van der Waals surface area contributed by atoms with E-state index in [4.69, 9.17) is 0 Å². The van der Waals surface area contributed by atoms with Crippen molar-refractivity contribution < 1.29 is 18.4 Å². The third kappa shape index (κ3) is 3.22. The minimum absolute atomic E-state index is 0.226. The van der Waals surface area contributed by atoms with Crippen LogP contribution in [0.1, 0.15) is 38.4 Å². The van der Waals surface area contributed by atoms with Crippen LogP contribution in [0.2, 0.25) is 0 Å². The molecule has 0 saturated heterocycles. The Bertz CT molecular complexity index is 1050. The van der Waals surface area contributed by atoms with Crippen LogP contribution in [0.4, 0.5) is 14.5 Å². The van der Waals surface area contributed by atoms with E-state index in [-0.39, 0.29) is 11.5 Å². The van der Waals surface area contributed by atoms with Gasteiger partial charge in [0.05, 0.1) is 17.4 Å². The minimum atomic E-state index is -2.91. The van der Waals surface area contributed by atoms with Crippen molar-refractivity contribution in [3.63, 3.8) is 0 Å². The highest BCUT2D eigenvalue weighted by atomic mass is 19.3. The number of carbonyl (C=O) groups excluding carboxylic acids is 2. The molecular weight excluding hydrogens is 368 g/mol. The Hall–Kier alpha value is -3.62. The van der Waals surface area contributed by atoms with Gasteiger partial charge in [-0.3, -0.25) is 14.6 Å². The Morgan fingerprint density at radius 3 is 2.75 bits per heavy atom. The predicted octanol–water partition coefficient (Wildman–Crippen LogP) is 2.74. The molecule has 0 spiro atoms. The normalized spacial score (nSPS) is 13.2. The molecule has 2 aromatic heterocycles. The van der Waals surface area contributed by atoms with E-state index < -0.39 is 18.0 Å². The van der Waals surface area contributed by atoms with E-state index in [2.05, 4.69) is 20.7 Å². The average Bonchev–Trinajstić information content (AvgIpc) is 3.15. The molecule has 1 aliphatic rings. The molecule has 0 fully saturated rings. The van der Waals surface area contributed by atoms with Gasteiger partial charge in [-0.2, -0.15) is 5.10 Å². The average molecular weight is 383 g/mol. The van der Waals surface area contributed by atoms with Crippen molar-refractivity contribution >= 4 is 17.5 Å². The van der Waals surface area contributed by atoms with E-state index in [0.29, 0.717) is 29.9 Å². The second kappa shape index (κ2) is 7.18. The minimum Gasteiger partial charge on any atom is -0.352 e. The number of hydrogen-bond acceptors (Lipinski definition) is 4. The van der Waals surface area contributed by atoms with Crippen LogP contribution in [0.3, 0.4) is 0 Å². The van der Waals surface area contributed by atoms with Crippen LogP contribution in [-0.4, -0.2) is 33.1 Å². The lowest BCUT2D eigenvalue weighted by molar-refractivity contribution is 0.0944. The second-order valence-electron chi connectivity index (χ2n) is 6.19. The fourth-order valence-corrected chi connectivity index (χ4v) is 3.12. The van der Waals surface area contributed by atoms with Crippen molar-refractivity contribution in [3.8, 4) is 5.69 Å². The van der Waals surface area contributed by atoms with Gasteiger partial charge in [0.2, 0.25) is 0 Å². The lowest BCUT2D eigenvalue weighted by atomic mass is 10.00. The van der Waals surface area contributed by atoms with Crippen LogP contribution < -0.4 is 10.6 Å². The molecular formula is C19H15F2N5O2. The molecule has 1 aromatic carbocycles. The van der Waals surface area contributed by atoms with E-state index in [0.717, 1.165) is 16.4 Å². The van der Waals surface area contributed by atoms with Crippen molar-refractivity contribution in [1.82, 2.24) is 20.1 Å². The maximum atomic E-state index is 13.7. The number of rotatable bonds is 4. The number of aromatic nitrogens is 3. The number of anilines is 1. The lowest BCUT2D eigenvalue weighted by Crippen LogP contribution is -2.31. The Morgan fingerprint density at radius 1 is 1.21 bits per heavy atom. The SMILES string of the molecule is O=C1NCCc2ccc(NC(=O)c3cnn(-c4ccncc4)c3C(F)F)cc21. The third-order valence-electron chi connectivity index (χ3n) is 4.46. The molecule has 0 atom stereocenters. The number of halogens is 2. The lowest BCUT2D eigenvalue weighted by Gasteiger charge is -2.17. The van der Waals surface area contributed by atoms with E-state index in [1.165, 1.54) is 30.6 Å². The summed E-state index contributed by atoms with van der Waals surface area (Å²) in [6, 6.07) is 7.96. The summed E-state index contributed by atoms with van der Waals surface area (Å²) in [5.41, 5.74) is 1.30. The number of benzene rings is 1. The molecule has 3 heterocycles. The van der Waals surface area contributed by atoms with Crippen LogP contribution in [0.5, 0.6) is 0 Å². The molecule has 3 aromatic rings. The van der Waals surface area contributed by atoms with Crippen LogP contribution in [0.15, 0.2) is 48.9 Å². The summed E-state index contributed by atoms with van der Waals surface area (Å²) in [7, 11) is 0. The zero-order chi connectivity index (χ0) is 19.7. The number of nitrogens with one attached hydrogen (secondary N) is 2. The molecule has 0 bridgehead atoms. The summed E-state index contributed by atoms with van der Waals surface area (Å²) >= 11 is 0. The summed E-state index contributed by atoms with van der Waals surface area (Å²) in [6.45, 7) is 0.559. The Kier molecular flexibility index (Phi) is 4.56. The first-order valence-corrected chi connectivity index (χ1v) is 8.53. The van der Waals surface area contributed by atoms with Crippen molar-refractivity contribution in [2.75, 3.05) is 11.9 Å². The maximum Gasteiger partial charge on any atom is 0.281 e. The van der Waals surface area contributed by atoms with Crippen molar-refractivity contribution in [3.05, 3.63) is 71.3 Å². The number of amides is 2. The summed E-state index contributed by atoms with van der Waals surface area (Å²) < 4.78 is 28.4. The van der Waals surface area contributed by atoms with Gasteiger partial charge in [0.1, 0.15) is 5.69 Å². The van der Waals surface area contributed by atoms with Gasteiger partial charge in [-0.05, 0) is 36.2 Å². The molecule has 2 N–H and O–H groups in total. The number of alkyl halides is 2. The quantitative estimate of drug-likeness (QED) is 0.725. The third-order valence-corrected chi connectivity index (χ3v) is 4.46. The summed E-state index contributed by atoms with van der Waals surface area (Å²) in [6.07, 6.45) is 1.78. The van der Waals surface area contributed by atoms with Gasteiger partial charge >= 0.3 is 0 Å². The zero-order valence-corrected chi connectivity index (χ0v) is 14.5. The van der Waals surface area contributed by atoms with Gasteiger partial charge in [-0.1, -0.05) is 6.07 Å². The highest BCUT2D eigenvalue weighted by Gasteiger charge is 2.26. The molecule has 0 radical (unpaired) electrons. The number of nitrogens with zero attached hydrogens (tertiary/aromatic N) is 3. The first kappa shape index (κ1) is 17.8. The fraction of sp³-hybridized carbons (Fsp3) is 0.158. The van der Waals surface area contributed by atoms with E-state index in [1.54, 1.807) is 12.1 Å². The molecule has 142 valence electrons. The molecule has 4 rings (SSSR count). The monoisotopic (exact) mass is 383 g/mol. The Balaban J connectivity index is 1.65. The van der Waals surface area contributed by atoms with Crippen LogP contribution in [0, 0.1) is 0 Å². The number of pyridine rings is 1. The topological polar surface area (TPSA) is 88.9 Å². The van der Waals surface area contributed by atoms with Crippen molar-refractivity contribution in [2.24, 2.45) is 0 Å². The molecule has 0 aliphatic carbocycles. The second-order valence-corrected chi connectivity index (χ2v) is 6.19. The van der Waals surface area contributed by atoms with Crippen LogP contribution in [-0.2, 0) is 6.42 Å². The summed E-state index contributed by atoms with van der Waals surface area (Å²) in [5, 5.41) is 9.23. The van der Waals surface area contributed by atoms with Crippen molar-refractivity contribution in [2.45, 2.75) is 12.8 Å². The fourth-order valence-electron chi connectivity index (χ4n) is 3.12. The highest BCUT2D eigenvalue weighted by Crippen LogP contribution is 2.27. The Morgan fingerprint density at radius 2 is 2.00 bits per heavy atom. The van der Waals surface area contributed by atoms with Gasteiger partial charge in [0, 0.05) is 30.2 Å². The van der Waals surface area contributed by atoms with Crippen LogP contribution >= 0.6 is 0 Å². The maximum absolute atomic E-state index is 13.7. The van der Waals surface area contributed by atoms with Gasteiger partial charge in [0.15, 0.2) is 0 Å². The first-order chi connectivity index (χ1) is 13.5. The number of carbonyl (C=O) groups is 2. The van der Waals surface area contributed by atoms with E-state index >= 15 is 0 Å². The zero-order valence-electron chi connectivity index (χ0n) is 14.5. The van der Waals surface area contributed by atoms with E-state index in [9.17, 15) is 18.4 Å². The molecule has 7 nitrogen and oxygen atoms in total. The molecule has 28 heavy (non-hydrogen) atoms. The van der Waals surface area contributed by atoms with E-state index in [1.807, 2.05) is 0 Å². The molecule has 9 heteroatoms. The highest BCUT2D eigenvalue weighted by molar-refractivity contribution is 6.06. The molecule has 0 unspecified atom stereocenters. The number of fused-ring (bicyclic) bond motifs is 1. The summed E-state index contributed by atoms with van der Waals surface area (Å²) in [5.74, 6) is -0.956. The molecule has 0 saturated carbocycles. The molecule has 2 amide bonds. The van der Waals surface area contributed by atoms with Gasteiger partial charge in [0.25, 0.3) is 18.2 Å². The van der Waals surface area contributed by atoms with Gasteiger partial charge in [-0.25, -0.2) is 13.5 Å². The first-order valence-electron chi connectivity index (χ1n) is 8.53. The van der Waals surface area contributed by atoms with Gasteiger partial charge in [-0.15, -0.1) is 0 Å². The smallest absolute Gasteiger partial charge is 0.281 e. The Labute approximate surface area is 158 Å². The largest absolute Gasteiger partial charge is 0.352 e. The standard InChI is InChI=1S/C19H15F2N5O2/c20-17(21)16-15(10-24-26(16)13-4-6-22-7-5-13)19(28)25-12-2-1-11-3-8-23-18(27)14(11)9-12/h1-2,4-7,9-10,17H,3,8H2,(H,23,27)(H,25,28). The van der Waals surface area contributed by atoms with Crippen molar-refractivity contribution in [1.29, 1.82) is 0 Å². The van der Waals surface area contributed by atoms with Crippen LogP contribution in [0.25, 0.3) is 5.69 Å². The molecule has 1 aliphatic heterocycles.